The monoisotopic (exact) mass is 418 g/mol. The molecule has 0 atom stereocenters. The van der Waals surface area contributed by atoms with Gasteiger partial charge in [-0.2, -0.15) is 0 Å². The molecule has 1 heterocycles. The van der Waals surface area contributed by atoms with Gasteiger partial charge in [0.2, 0.25) is 11.8 Å². The molecule has 158 valence electrons. The number of rotatable bonds is 8. The van der Waals surface area contributed by atoms with Gasteiger partial charge in [-0.3, -0.25) is 14.4 Å². The largest absolute Gasteiger partial charge is 0.395 e. The lowest BCUT2D eigenvalue weighted by Crippen LogP contribution is -2.38. The first-order valence-corrected chi connectivity index (χ1v) is 9.61. The van der Waals surface area contributed by atoms with Crippen LogP contribution in [0.25, 0.3) is 22.0 Å². The lowest BCUT2D eigenvalue weighted by Gasteiger charge is -2.10. The molecule has 1 aromatic heterocycles. The van der Waals surface area contributed by atoms with Crippen LogP contribution in [0.15, 0.2) is 67.3 Å². The van der Waals surface area contributed by atoms with Crippen molar-refractivity contribution in [2.24, 2.45) is 0 Å². The number of fused-ring (bicyclic) bond motifs is 1. The Kier molecular flexibility index (Phi) is 7.08. The lowest BCUT2D eigenvalue weighted by atomic mass is 10.0. The van der Waals surface area contributed by atoms with E-state index in [1.807, 2.05) is 30.3 Å². The zero-order valence-corrected chi connectivity index (χ0v) is 16.7. The average molecular weight is 418 g/mol. The number of carbonyl (C=O) groups is 3. The molecular weight excluding hydrogens is 396 g/mol. The fourth-order valence-electron chi connectivity index (χ4n) is 2.96. The molecule has 2 aromatic carbocycles. The smallest absolute Gasteiger partial charge is 0.270 e. The molecule has 0 fully saturated rings. The number of aliphatic hydroxyl groups excluding tert-OH is 1. The molecular formula is C23H22N4O4. The van der Waals surface area contributed by atoms with E-state index in [4.69, 9.17) is 5.11 Å². The Balaban J connectivity index is 1.84. The van der Waals surface area contributed by atoms with Gasteiger partial charge in [0.1, 0.15) is 5.69 Å². The molecule has 0 bridgehead atoms. The molecule has 0 aliphatic carbocycles. The van der Waals surface area contributed by atoms with Gasteiger partial charge in [-0.25, -0.2) is 4.98 Å². The molecule has 31 heavy (non-hydrogen) atoms. The zero-order chi connectivity index (χ0) is 22.2. The van der Waals surface area contributed by atoms with Crippen LogP contribution in [0.1, 0.15) is 10.5 Å². The molecule has 3 amide bonds. The molecule has 0 aliphatic heterocycles. The Labute approximate surface area is 179 Å². The van der Waals surface area contributed by atoms with E-state index in [2.05, 4.69) is 27.5 Å². The third-order valence-electron chi connectivity index (χ3n) is 4.45. The van der Waals surface area contributed by atoms with Gasteiger partial charge in [0.15, 0.2) is 0 Å². The third kappa shape index (κ3) is 5.52. The first kappa shape index (κ1) is 21.7. The summed E-state index contributed by atoms with van der Waals surface area (Å²) >= 11 is 0. The van der Waals surface area contributed by atoms with Gasteiger partial charge < -0.3 is 21.1 Å². The fourth-order valence-corrected chi connectivity index (χ4v) is 2.96. The summed E-state index contributed by atoms with van der Waals surface area (Å²) in [4.78, 5) is 40.1. The number of aromatic nitrogens is 1. The lowest BCUT2D eigenvalue weighted by molar-refractivity contribution is -0.120. The molecule has 8 nitrogen and oxygen atoms in total. The minimum atomic E-state index is -0.485. The van der Waals surface area contributed by atoms with Crippen molar-refractivity contribution in [3.8, 4) is 11.3 Å². The summed E-state index contributed by atoms with van der Waals surface area (Å²) in [5.74, 6) is -1.19. The number of anilines is 1. The molecule has 8 heteroatoms. The number of amides is 3. The average Bonchev–Trinajstić information content (AvgIpc) is 2.81. The van der Waals surface area contributed by atoms with E-state index in [0.29, 0.717) is 11.4 Å². The van der Waals surface area contributed by atoms with Crippen molar-refractivity contribution in [2.75, 3.05) is 25.0 Å². The second kappa shape index (κ2) is 10.1. The second-order valence-corrected chi connectivity index (χ2v) is 6.60. The normalized spacial score (nSPS) is 10.4. The Morgan fingerprint density at radius 1 is 1.03 bits per heavy atom. The summed E-state index contributed by atoms with van der Waals surface area (Å²) < 4.78 is 0. The maximum Gasteiger partial charge on any atom is 0.270 e. The van der Waals surface area contributed by atoms with Crippen molar-refractivity contribution in [2.45, 2.75) is 0 Å². The molecule has 3 aromatic rings. The van der Waals surface area contributed by atoms with Crippen molar-refractivity contribution in [1.29, 1.82) is 0 Å². The van der Waals surface area contributed by atoms with Gasteiger partial charge in [-0.15, -0.1) is 0 Å². The molecule has 4 N–H and O–H groups in total. The van der Waals surface area contributed by atoms with E-state index < -0.39 is 11.8 Å². The van der Waals surface area contributed by atoms with Crippen LogP contribution in [0.5, 0.6) is 0 Å². The minimum absolute atomic E-state index is 0.125. The number of pyridine rings is 1. The first-order valence-electron chi connectivity index (χ1n) is 9.61. The van der Waals surface area contributed by atoms with Gasteiger partial charge in [0.05, 0.1) is 18.8 Å². The summed E-state index contributed by atoms with van der Waals surface area (Å²) in [6.07, 6.45) is 1.20. The number of aliphatic hydroxyl groups is 1. The van der Waals surface area contributed by atoms with E-state index in [9.17, 15) is 14.4 Å². The van der Waals surface area contributed by atoms with Crippen LogP contribution in [0.3, 0.4) is 0 Å². The van der Waals surface area contributed by atoms with Gasteiger partial charge in [-0.05, 0) is 35.7 Å². The summed E-state index contributed by atoms with van der Waals surface area (Å²) in [6.45, 7) is 3.21. The molecule has 0 saturated carbocycles. The van der Waals surface area contributed by atoms with Crippen LogP contribution in [-0.4, -0.2) is 47.5 Å². The van der Waals surface area contributed by atoms with Gasteiger partial charge >= 0.3 is 0 Å². The van der Waals surface area contributed by atoms with E-state index in [0.717, 1.165) is 16.3 Å². The Morgan fingerprint density at radius 2 is 1.84 bits per heavy atom. The summed E-state index contributed by atoms with van der Waals surface area (Å²) in [5, 5.41) is 18.2. The van der Waals surface area contributed by atoms with E-state index in [1.165, 1.54) is 6.08 Å². The SMILES string of the molecule is C=CC(=O)Nc1cccc2ccc(-c3cccc(C(=O)NCC(=O)NCCO)n3)cc12. The van der Waals surface area contributed by atoms with Crippen molar-refractivity contribution >= 4 is 34.2 Å². The highest BCUT2D eigenvalue weighted by atomic mass is 16.3. The molecule has 0 unspecified atom stereocenters. The second-order valence-electron chi connectivity index (χ2n) is 6.60. The van der Waals surface area contributed by atoms with Crippen LogP contribution in [0.2, 0.25) is 0 Å². The van der Waals surface area contributed by atoms with E-state index in [1.54, 1.807) is 24.3 Å². The topological polar surface area (TPSA) is 120 Å². The number of nitrogens with zero attached hydrogens (tertiary/aromatic N) is 1. The number of benzene rings is 2. The first-order chi connectivity index (χ1) is 15.0. The van der Waals surface area contributed by atoms with Crippen molar-refractivity contribution in [1.82, 2.24) is 15.6 Å². The van der Waals surface area contributed by atoms with E-state index in [-0.39, 0.29) is 31.3 Å². The molecule has 0 spiro atoms. The van der Waals surface area contributed by atoms with Gasteiger partial charge in [0.25, 0.3) is 5.91 Å². The molecule has 0 radical (unpaired) electrons. The molecule has 0 aliphatic rings. The van der Waals surface area contributed by atoms with Crippen LogP contribution in [-0.2, 0) is 9.59 Å². The maximum atomic E-state index is 12.4. The van der Waals surface area contributed by atoms with Gasteiger partial charge in [0, 0.05) is 23.2 Å². The van der Waals surface area contributed by atoms with E-state index >= 15 is 0 Å². The third-order valence-corrected chi connectivity index (χ3v) is 4.45. The Bertz CT molecular complexity index is 1140. The van der Waals surface area contributed by atoms with Crippen LogP contribution in [0.4, 0.5) is 5.69 Å². The Morgan fingerprint density at radius 3 is 2.61 bits per heavy atom. The zero-order valence-electron chi connectivity index (χ0n) is 16.7. The summed E-state index contributed by atoms with van der Waals surface area (Å²) in [7, 11) is 0. The molecule has 3 rings (SSSR count). The van der Waals surface area contributed by atoms with Crippen LogP contribution in [0, 0.1) is 0 Å². The predicted molar refractivity (Wildman–Crippen MR) is 118 cm³/mol. The summed E-state index contributed by atoms with van der Waals surface area (Å²) in [6, 6.07) is 16.3. The van der Waals surface area contributed by atoms with Crippen molar-refractivity contribution < 1.29 is 19.5 Å². The van der Waals surface area contributed by atoms with Gasteiger partial charge in [-0.1, -0.05) is 36.9 Å². The summed E-state index contributed by atoms with van der Waals surface area (Å²) in [5.41, 5.74) is 2.15. The quantitative estimate of drug-likeness (QED) is 0.416. The highest BCUT2D eigenvalue weighted by Crippen LogP contribution is 2.28. The number of nitrogens with one attached hydrogen (secondary N) is 3. The van der Waals surface area contributed by atoms with Crippen molar-refractivity contribution in [3.63, 3.8) is 0 Å². The number of carbonyl (C=O) groups excluding carboxylic acids is 3. The van der Waals surface area contributed by atoms with Crippen LogP contribution < -0.4 is 16.0 Å². The Hall–Kier alpha value is -4.04. The number of hydrogen-bond acceptors (Lipinski definition) is 5. The predicted octanol–water partition coefficient (Wildman–Crippen LogP) is 1.86. The minimum Gasteiger partial charge on any atom is -0.395 e. The maximum absolute atomic E-state index is 12.4. The standard InChI is InChI=1S/C23H22N4O4/c1-2-21(29)27-19-7-3-5-15-9-10-16(13-17(15)19)18-6-4-8-20(26-18)23(31)25-14-22(30)24-11-12-28/h2-10,13,28H,1,11-12,14H2,(H,24,30)(H,25,31)(H,27,29). The van der Waals surface area contributed by atoms with Crippen molar-refractivity contribution in [3.05, 3.63) is 72.9 Å². The molecule has 0 saturated heterocycles. The fraction of sp³-hybridized carbons (Fsp3) is 0.130. The number of hydrogen-bond donors (Lipinski definition) is 4. The highest BCUT2D eigenvalue weighted by Gasteiger charge is 2.12. The van der Waals surface area contributed by atoms with Crippen LogP contribution >= 0.6 is 0 Å². The highest BCUT2D eigenvalue weighted by molar-refractivity contribution is 6.06.